The van der Waals surface area contributed by atoms with Gasteiger partial charge in [0.05, 0.1) is 34.6 Å². The van der Waals surface area contributed by atoms with E-state index in [1.54, 1.807) is 24.5 Å². The number of nitrogens with zero attached hydrogens (tertiary/aromatic N) is 2. The first-order valence-electron chi connectivity index (χ1n) is 13.3. The fourth-order valence-corrected chi connectivity index (χ4v) is 7.28. The van der Waals surface area contributed by atoms with Gasteiger partial charge < -0.3 is 9.15 Å². The molecule has 1 saturated carbocycles. The molecule has 2 fully saturated rings. The van der Waals surface area contributed by atoms with Gasteiger partial charge in [0.25, 0.3) is 0 Å². The molecule has 40 heavy (non-hydrogen) atoms. The molecule has 2 aliphatic rings. The lowest BCUT2D eigenvalue weighted by molar-refractivity contribution is -0.842. The highest BCUT2D eigenvalue weighted by Gasteiger charge is 2.59. The van der Waals surface area contributed by atoms with Gasteiger partial charge in [-0.1, -0.05) is 35.9 Å². The Morgan fingerprint density at radius 2 is 1.85 bits per heavy atom. The summed E-state index contributed by atoms with van der Waals surface area (Å²) < 4.78 is 39.5. The van der Waals surface area contributed by atoms with Crippen molar-refractivity contribution in [1.29, 1.82) is 0 Å². The highest BCUT2D eigenvalue weighted by molar-refractivity contribution is 7.15. The molecule has 4 aromatic rings. The summed E-state index contributed by atoms with van der Waals surface area (Å²) in [5.41, 5.74) is 3.67. The van der Waals surface area contributed by atoms with Crippen LogP contribution in [-0.2, 0) is 0 Å². The molecule has 3 heterocycles. The molecule has 208 valence electrons. The van der Waals surface area contributed by atoms with Gasteiger partial charge in [-0.3, -0.25) is 5.32 Å². The summed E-state index contributed by atoms with van der Waals surface area (Å²) >= 11 is 1.43. The molecule has 1 N–H and O–H groups in total. The minimum absolute atomic E-state index is 0.0829. The fourth-order valence-electron chi connectivity index (χ4n) is 6.37. The number of fused-ring (bicyclic) bond motifs is 2. The molecule has 1 unspecified atom stereocenters. The molecular formula is C30H30F2N3O4S+. The van der Waals surface area contributed by atoms with Crippen molar-refractivity contribution >= 4 is 34.3 Å². The number of nitrogens with one attached hydrogen (secondary N) is 1. The smallest absolute Gasteiger partial charge is 0.416 e. The van der Waals surface area contributed by atoms with Gasteiger partial charge in [-0.05, 0) is 44.0 Å². The van der Waals surface area contributed by atoms with Crippen molar-refractivity contribution in [1.82, 2.24) is 10.3 Å². The lowest BCUT2D eigenvalue weighted by Gasteiger charge is -2.32. The topological polar surface area (TPSA) is 81.4 Å². The maximum atomic E-state index is 14.3. The third kappa shape index (κ3) is 4.79. The van der Waals surface area contributed by atoms with E-state index in [0.717, 1.165) is 26.6 Å². The molecule has 1 saturated heterocycles. The predicted octanol–water partition coefficient (Wildman–Crippen LogP) is 6.86. The largest absolute Gasteiger partial charge is 0.464 e. The summed E-state index contributed by atoms with van der Waals surface area (Å²) in [7, 11) is 0. The molecule has 6 rings (SSSR count). The zero-order valence-electron chi connectivity index (χ0n) is 22.5. The molecule has 2 aromatic carbocycles. The molecule has 1 aliphatic heterocycles. The second-order valence-corrected chi connectivity index (χ2v) is 12.4. The summed E-state index contributed by atoms with van der Waals surface area (Å²) in [6, 6.07) is 13.0. The number of furan rings is 1. The van der Waals surface area contributed by atoms with Crippen LogP contribution in [0.2, 0.25) is 0 Å². The van der Waals surface area contributed by atoms with E-state index in [2.05, 4.69) is 10.3 Å². The maximum Gasteiger partial charge on any atom is 0.416 e. The van der Waals surface area contributed by atoms with Crippen LogP contribution in [0.3, 0.4) is 0 Å². The fraction of sp³-hybridized carbons (Fsp3) is 0.367. The van der Waals surface area contributed by atoms with Crippen molar-refractivity contribution in [2.24, 2.45) is 11.8 Å². The first kappa shape index (κ1) is 26.6. The minimum Gasteiger partial charge on any atom is -0.464 e. The van der Waals surface area contributed by atoms with Crippen LogP contribution in [0.1, 0.15) is 39.5 Å². The number of aryl methyl sites for hydroxylation is 3. The number of ether oxygens (including phenoxy) is 1. The minimum atomic E-state index is -2.73. The number of quaternary nitrogens is 1. The van der Waals surface area contributed by atoms with Crippen LogP contribution >= 0.6 is 11.3 Å². The monoisotopic (exact) mass is 566 g/mol. The molecule has 0 bridgehead atoms. The normalized spacial score (nSPS) is 23.3. The number of benzene rings is 2. The van der Waals surface area contributed by atoms with Crippen LogP contribution in [0, 0.1) is 32.6 Å². The number of hydrogen-bond acceptors (Lipinski definition) is 6. The lowest BCUT2D eigenvalue weighted by atomic mass is 10.0. The van der Waals surface area contributed by atoms with Crippen molar-refractivity contribution in [2.45, 2.75) is 39.5 Å². The van der Waals surface area contributed by atoms with E-state index in [4.69, 9.17) is 9.15 Å². The van der Waals surface area contributed by atoms with E-state index in [9.17, 15) is 18.4 Å². The third-order valence-electron chi connectivity index (χ3n) is 8.08. The first-order valence-corrected chi connectivity index (χ1v) is 14.1. The zero-order valence-corrected chi connectivity index (χ0v) is 23.3. The number of halogens is 2. The predicted molar refractivity (Wildman–Crippen MR) is 147 cm³/mol. The highest BCUT2D eigenvalue weighted by atomic mass is 32.1. The third-order valence-corrected chi connectivity index (χ3v) is 9.10. The second-order valence-electron chi connectivity index (χ2n) is 11.2. The van der Waals surface area contributed by atoms with E-state index in [1.807, 2.05) is 45.0 Å². The number of aromatic nitrogens is 1. The van der Waals surface area contributed by atoms with Gasteiger partial charge in [0.1, 0.15) is 11.3 Å². The van der Waals surface area contributed by atoms with Gasteiger partial charge in [0, 0.05) is 24.7 Å². The second kappa shape index (κ2) is 9.78. The Bertz CT molecular complexity index is 1610. The van der Waals surface area contributed by atoms with Gasteiger partial charge in [-0.25, -0.2) is 27.8 Å². The molecule has 0 spiro atoms. The van der Waals surface area contributed by atoms with E-state index in [-0.39, 0.29) is 54.8 Å². The number of alkyl halides is 2. The van der Waals surface area contributed by atoms with Gasteiger partial charge in [-0.15, -0.1) is 11.3 Å². The van der Waals surface area contributed by atoms with E-state index >= 15 is 0 Å². The van der Waals surface area contributed by atoms with E-state index in [1.165, 1.54) is 11.3 Å². The number of hydrogen-bond donors (Lipinski definition) is 1. The number of rotatable bonds is 5. The van der Waals surface area contributed by atoms with Gasteiger partial charge in [-0.2, -0.15) is 0 Å². The molecule has 7 nitrogen and oxygen atoms in total. The van der Waals surface area contributed by atoms with E-state index in [0.29, 0.717) is 22.4 Å². The van der Waals surface area contributed by atoms with Crippen LogP contribution in [0.4, 0.5) is 13.6 Å². The summed E-state index contributed by atoms with van der Waals surface area (Å²) in [5, 5.41) is 4.20. The Morgan fingerprint density at radius 3 is 2.58 bits per heavy atom. The number of amides is 2. The number of carbonyl (C=O) groups is 2. The molecule has 1 aliphatic carbocycles. The van der Waals surface area contributed by atoms with Crippen LogP contribution in [0.25, 0.3) is 21.4 Å². The van der Waals surface area contributed by atoms with Crippen molar-refractivity contribution in [3.63, 3.8) is 0 Å². The van der Waals surface area contributed by atoms with Crippen molar-refractivity contribution in [2.75, 3.05) is 19.8 Å². The number of likely N-dealkylation sites (tertiary alicyclic amines) is 1. The molecule has 3 atom stereocenters. The number of thiazole rings is 1. The van der Waals surface area contributed by atoms with Crippen LogP contribution < -0.4 is 10.1 Å². The maximum absolute atomic E-state index is 14.3. The van der Waals surface area contributed by atoms with Crippen molar-refractivity contribution < 1.29 is 32.0 Å². The summed E-state index contributed by atoms with van der Waals surface area (Å²) in [5.74, 6) is -3.30. The van der Waals surface area contributed by atoms with Crippen LogP contribution in [-0.4, -0.2) is 47.1 Å². The quantitative estimate of drug-likeness (QED) is 0.267. The van der Waals surface area contributed by atoms with Crippen LogP contribution in [0.15, 0.2) is 53.1 Å². The standard InChI is InChI=1S/C30H29F2N3O4S/c1-17-6-4-7-20(10-17)27-26(34-19(3)40-27)28(36)35(13-21-11-30(31,32)12-22(21)14-35)16-33-29(37)39-24-9-5-8-23-25(24)18(2)15-38-23/h4-10,15,21-22H,11-14,16H2,1-3H3/p+1/t21-,22+,35?. The van der Waals surface area contributed by atoms with Crippen molar-refractivity contribution in [3.05, 3.63) is 70.6 Å². The molecule has 0 radical (unpaired) electrons. The Morgan fingerprint density at radius 1 is 1.12 bits per heavy atom. The van der Waals surface area contributed by atoms with Gasteiger partial charge in [0.15, 0.2) is 12.4 Å². The zero-order chi connectivity index (χ0) is 28.2. The molecule has 2 aromatic heterocycles. The van der Waals surface area contributed by atoms with Gasteiger partial charge >= 0.3 is 12.0 Å². The molecule has 10 heteroatoms. The average Bonchev–Trinajstić information content (AvgIpc) is 3.63. The Kier molecular flexibility index (Phi) is 6.50. The summed E-state index contributed by atoms with van der Waals surface area (Å²) in [4.78, 5) is 32.7. The SMILES string of the molecule is Cc1cccc(-c2sc(C)nc2C(=O)[N+]2(CNC(=O)Oc3cccc4occ(C)c34)C[C@H]3CC(F)(F)C[C@H]3C2)c1. The first-order chi connectivity index (χ1) is 19.0. The van der Waals surface area contributed by atoms with Crippen LogP contribution in [0.5, 0.6) is 5.75 Å². The average molecular weight is 567 g/mol. The Labute approximate surface area is 234 Å². The summed E-state index contributed by atoms with van der Waals surface area (Å²) in [6.45, 7) is 6.02. The van der Waals surface area contributed by atoms with Crippen molar-refractivity contribution in [3.8, 4) is 16.2 Å². The highest BCUT2D eigenvalue weighted by Crippen LogP contribution is 2.49. The lowest BCUT2D eigenvalue weighted by Crippen LogP contribution is -2.58. The Balaban J connectivity index is 1.29. The summed E-state index contributed by atoms with van der Waals surface area (Å²) in [6.07, 6.45) is 0.360. The van der Waals surface area contributed by atoms with E-state index < -0.39 is 12.0 Å². The number of carbonyl (C=O) groups excluding carboxylic acids is 2. The van der Waals surface area contributed by atoms with Gasteiger partial charge in [0.2, 0.25) is 5.92 Å². The molecule has 2 amide bonds. The molecular weight excluding hydrogens is 536 g/mol. The Hall–Kier alpha value is -3.63.